The van der Waals surface area contributed by atoms with Crippen LogP contribution in [-0.2, 0) is 16.1 Å². The number of rotatable bonds is 9. The van der Waals surface area contributed by atoms with Gasteiger partial charge in [-0.05, 0) is 37.1 Å². The Labute approximate surface area is 184 Å². The first-order valence-corrected chi connectivity index (χ1v) is 11.1. The first-order valence-electron chi connectivity index (χ1n) is 10.1. The molecular formula is C22H23FN4O3S. The van der Waals surface area contributed by atoms with E-state index in [0.717, 1.165) is 25.1 Å². The smallest absolute Gasteiger partial charge is 0.230 e. The number of halogens is 1. The lowest BCUT2D eigenvalue weighted by Gasteiger charge is -2.12. The lowest BCUT2D eigenvalue weighted by atomic mass is 10.2. The van der Waals surface area contributed by atoms with Gasteiger partial charge in [-0.25, -0.2) is 4.39 Å². The third kappa shape index (κ3) is 5.62. The summed E-state index contributed by atoms with van der Waals surface area (Å²) in [5.41, 5.74) is 0.835. The Bertz CT molecular complexity index is 1010. The summed E-state index contributed by atoms with van der Waals surface area (Å²) < 4.78 is 26.9. The molecular weight excluding hydrogens is 419 g/mol. The van der Waals surface area contributed by atoms with Crippen LogP contribution in [0, 0.1) is 5.82 Å². The van der Waals surface area contributed by atoms with E-state index >= 15 is 0 Å². The minimum atomic E-state index is -0.439. The molecule has 0 radical (unpaired) electrons. The molecule has 1 atom stereocenters. The molecule has 0 aliphatic carbocycles. The van der Waals surface area contributed by atoms with Gasteiger partial charge in [0.05, 0.1) is 11.9 Å². The van der Waals surface area contributed by atoms with Crippen molar-refractivity contribution in [1.82, 2.24) is 20.1 Å². The van der Waals surface area contributed by atoms with Crippen molar-refractivity contribution < 1.29 is 18.7 Å². The number of hydrogen-bond donors (Lipinski definition) is 1. The number of ether oxygens (including phenoxy) is 2. The van der Waals surface area contributed by atoms with Gasteiger partial charge < -0.3 is 14.8 Å². The molecule has 1 saturated heterocycles. The summed E-state index contributed by atoms with van der Waals surface area (Å²) in [7, 11) is 0. The number of carbonyl (C=O) groups is 1. The first-order chi connectivity index (χ1) is 15.2. The highest BCUT2D eigenvalue weighted by Gasteiger charge is 2.19. The molecule has 4 rings (SSSR count). The average molecular weight is 443 g/mol. The first kappa shape index (κ1) is 21.3. The van der Waals surface area contributed by atoms with Crippen molar-refractivity contribution in [3.05, 3.63) is 66.2 Å². The number of benzene rings is 2. The molecule has 31 heavy (non-hydrogen) atoms. The summed E-state index contributed by atoms with van der Waals surface area (Å²) in [6.45, 7) is 1.31. The zero-order chi connectivity index (χ0) is 21.5. The van der Waals surface area contributed by atoms with E-state index in [2.05, 4.69) is 15.5 Å². The third-order valence-electron chi connectivity index (χ3n) is 4.79. The molecule has 2 heterocycles. The van der Waals surface area contributed by atoms with Crippen molar-refractivity contribution in [3.63, 3.8) is 0 Å². The van der Waals surface area contributed by atoms with Gasteiger partial charge in [-0.15, -0.1) is 10.2 Å². The number of nitrogens with zero attached hydrogens (tertiary/aromatic N) is 3. The van der Waals surface area contributed by atoms with Crippen LogP contribution in [0.25, 0.3) is 5.69 Å². The maximum atomic E-state index is 13.9. The fourth-order valence-electron chi connectivity index (χ4n) is 3.24. The van der Waals surface area contributed by atoms with Crippen LogP contribution >= 0.6 is 11.8 Å². The fraction of sp³-hybridized carbons (Fsp3) is 0.318. The van der Waals surface area contributed by atoms with E-state index in [1.165, 1.54) is 17.8 Å². The molecule has 9 heteroatoms. The van der Waals surface area contributed by atoms with Crippen LogP contribution in [0.15, 0.2) is 59.8 Å². The summed E-state index contributed by atoms with van der Waals surface area (Å²) in [6, 6.07) is 15.8. The van der Waals surface area contributed by atoms with Crippen molar-refractivity contribution in [2.75, 3.05) is 18.9 Å². The van der Waals surface area contributed by atoms with Crippen LogP contribution in [0.1, 0.15) is 18.7 Å². The van der Waals surface area contributed by atoms with E-state index in [4.69, 9.17) is 9.47 Å². The van der Waals surface area contributed by atoms with Gasteiger partial charge in [0, 0.05) is 18.8 Å². The molecule has 0 bridgehead atoms. The summed E-state index contributed by atoms with van der Waals surface area (Å²) in [6.07, 6.45) is 2.11. The Kier molecular flexibility index (Phi) is 7.16. The number of thioether (sulfide) groups is 1. The molecule has 3 aromatic rings. The standard InChI is InChI=1S/C22H23FN4O3S/c23-18-10-4-5-11-19(18)30-14-20-25-26-22(27(20)16-7-2-1-3-8-16)31-15-21(28)24-13-17-9-6-12-29-17/h1-5,7-8,10-11,17H,6,9,12-15H2,(H,24,28). The molecule has 0 spiro atoms. The van der Waals surface area contributed by atoms with E-state index in [1.807, 2.05) is 34.9 Å². The van der Waals surface area contributed by atoms with Crippen LogP contribution in [0.2, 0.25) is 0 Å². The van der Waals surface area contributed by atoms with E-state index in [1.54, 1.807) is 18.2 Å². The highest BCUT2D eigenvalue weighted by Crippen LogP contribution is 2.24. The van der Waals surface area contributed by atoms with Crippen LogP contribution in [0.4, 0.5) is 4.39 Å². The van der Waals surface area contributed by atoms with Gasteiger partial charge in [-0.1, -0.05) is 42.1 Å². The second-order valence-electron chi connectivity index (χ2n) is 7.02. The van der Waals surface area contributed by atoms with E-state index in [9.17, 15) is 9.18 Å². The van der Waals surface area contributed by atoms with Gasteiger partial charge in [0.2, 0.25) is 5.91 Å². The van der Waals surface area contributed by atoms with Crippen molar-refractivity contribution in [1.29, 1.82) is 0 Å². The zero-order valence-electron chi connectivity index (χ0n) is 16.9. The van der Waals surface area contributed by atoms with Crippen LogP contribution in [0.3, 0.4) is 0 Å². The lowest BCUT2D eigenvalue weighted by Crippen LogP contribution is -2.32. The maximum absolute atomic E-state index is 13.9. The van der Waals surface area contributed by atoms with Crippen molar-refractivity contribution in [2.24, 2.45) is 0 Å². The van der Waals surface area contributed by atoms with E-state index in [0.29, 0.717) is 17.5 Å². The maximum Gasteiger partial charge on any atom is 0.230 e. The molecule has 1 unspecified atom stereocenters. The molecule has 1 N–H and O–H groups in total. The molecule has 1 aliphatic rings. The Hall–Kier alpha value is -2.91. The molecule has 162 valence electrons. The quantitative estimate of drug-likeness (QED) is 0.512. The van der Waals surface area contributed by atoms with Gasteiger partial charge in [-0.3, -0.25) is 9.36 Å². The lowest BCUT2D eigenvalue weighted by molar-refractivity contribution is -0.119. The number of hydrogen-bond acceptors (Lipinski definition) is 6. The van der Waals surface area contributed by atoms with Gasteiger partial charge in [0.1, 0.15) is 6.61 Å². The van der Waals surface area contributed by atoms with Crippen molar-refractivity contribution >= 4 is 17.7 Å². The van der Waals surface area contributed by atoms with E-state index < -0.39 is 5.82 Å². The van der Waals surface area contributed by atoms with Crippen molar-refractivity contribution in [3.8, 4) is 11.4 Å². The summed E-state index contributed by atoms with van der Waals surface area (Å²) >= 11 is 1.28. The Morgan fingerprint density at radius 2 is 2.00 bits per heavy atom. The molecule has 1 amide bonds. The minimum Gasteiger partial charge on any atom is -0.483 e. The Morgan fingerprint density at radius 1 is 1.19 bits per heavy atom. The Morgan fingerprint density at radius 3 is 2.77 bits per heavy atom. The van der Waals surface area contributed by atoms with Crippen molar-refractivity contribution in [2.45, 2.75) is 30.7 Å². The number of para-hydroxylation sites is 2. The monoisotopic (exact) mass is 442 g/mol. The fourth-order valence-corrected chi connectivity index (χ4v) is 4.04. The predicted molar refractivity (Wildman–Crippen MR) is 115 cm³/mol. The number of aromatic nitrogens is 3. The van der Waals surface area contributed by atoms with Gasteiger partial charge in [0.15, 0.2) is 22.5 Å². The molecule has 1 fully saturated rings. The van der Waals surface area contributed by atoms with Crippen LogP contribution < -0.4 is 10.1 Å². The average Bonchev–Trinajstić information content (AvgIpc) is 3.46. The highest BCUT2D eigenvalue weighted by atomic mass is 32.2. The number of carbonyl (C=O) groups excluding carboxylic acids is 1. The molecule has 1 aromatic heterocycles. The summed E-state index contributed by atoms with van der Waals surface area (Å²) in [5.74, 6) is 0.328. The number of amides is 1. The molecule has 7 nitrogen and oxygen atoms in total. The van der Waals surface area contributed by atoms with Gasteiger partial charge in [0.25, 0.3) is 0 Å². The zero-order valence-corrected chi connectivity index (χ0v) is 17.7. The van der Waals surface area contributed by atoms with Gasteiger partial charge >= 0.3 is 0 Å². The second kappa shape index (κ2) is 10.4. The van der Waals surface area contributed by atoms with Gasteiger partial charge in [-0.2, -0.15) is 0 Å². The molecule has 0 saturated carbocycles. The highest BCUT2D eigenvalue weighted by molar-refractivity contribution is 7.99. The summed E-state index contributed by atoms with van der Waals surface area (Å²) in [4.78, 5) is 12.3. The normalized spacial score (nSPS) is 15.7. The van der Waals surface area contributed by atoms with Crippen LogP contribution in [0.5, 0.6) is 5.75 Å². The molecule has 1 aliphatic heterocycles. The third-order valence-corrected chi connectivity index (χ3v) is 5.72. The largest absolute Gasteiger partial charge is 0.483 e. The number of nitrogens with one attached hydrogen (secondary N) is 1. The SMILES string of the molecule is O=C(CSc1nnc(COc2ccccc2F)n1-c1ccccc1)NCC1CCCO1. The van der Waals surface area contributed by atoms with E-state index in [-0.39, 0.29) is 30.1 Å². The topological polar surface area (TPSA) is 78.3 Å². The Balaban J connectivity index is 1.44. The van der Waals surface area contributed by atoms with Crippen LogP contribution in [-0.4, -0.2) is 45.7 Å². The second-order valence-corrected chi connectivity index (χ2v) is 7.96. The summed E-state index contributed by atoms with van der Waals surface area (Å²) in [5, 5.41) is 11.9. The molecule has 2 aromatic carbocycles. The minimum absolute atomic E-state index is 0.0363. The predicted octanol–water partition coefficient (Wildman–Crippen LogP) is 3.37.